The fraction of sp³-hybridized carbons (Fsp3) is 0.375. The molecule has 1 aromatic heterocycles. The molecular formula is C24H32IN7O. The number of aromatic amines is 1. The predicted octanol–water partition coefficient (Wildman–Crippen LogP) is 3.82. The zero-order valence-corrected chi connectivity index (χ0v) is 21.5. The number of nitrogens with one attached hydrogen (secondary N) is 3. The van der Waals surface area contributed by atoms with Crippen molar-refractivity contribution in [3.05, 3.63) is 60.4 Å². The lowest BCUT2D eigenvalue weighted by Crippen LogP contribution is -2.51. The largest absolute Gasteiger partial charge is 0.495 e. The lowest BCUT2D eigenvalue weighted by molar-refractivity contribution is 0.408. The monoisotopic (exact) mass is 561 g/mol. The highest BCUT2D eigenvalue weighted by atomic mass is 127. The number of H-pyrrole nitrogens is 1. The normalized spacial score (nSPS) is 16.1. The topological polar surface area (TPSA) is 90.5 Å². The SMILES string of the molecule is CCNC(=NCc1cccc(-c2ncn[nH]2)c1)NC1CCCN(c2ccccc2OC)C1.I. The standard InChI is InChI=1S/C24H31N7O.HI/c1-3-25-24(26-15-18-8-6-9-19(14-18)23-27-17-28-30-23)29-20-10-7-13-31(16-20)21-11-4-5-12-22(21)32-2;/h4-6,8-9,11-12,14,17,20H,3,7,10,13,15-16H2,1-2H3,(H2,25,26,29)(H,27,28,30);1H. The molecule has 0 amide bonds. The maximum atomic E-state index is 5.57. The number of nitrogens with zero attached hydrogens (tertiary/aromatic N) is 4. The summed E-state index contributed by atoms with van der Waals surface area (Å²) in [7, 11) is 1.73. The molecule has 0 bridgehead atoms. The number of para-hydroxylation sites is 2. The van der Waals surface area contributed by atoms with Crippen LogP contribution in [0.2, 0.25) is 0 Å². The number of hydrogen-bond acceptors (Lipinski definition) is 5. The second-order valence-corrected chi connectivity index (χ2v) is 7.83. The Balaban J connectivity index is 0.00000306. The van der Waals surface area contributed by atoms with Gasteiger partial charge in [0.1, 0.15) is 12.1 Å². The summed E-state index contributed by atoms with van der Waals surface area (Å²) in [6.07, 6.45) is 3.75. The van der Waals surface area contributed by atoms with Gasteiger partial charge in [0.2, 0.25) is 0 Å². The van der Waals surface area contributed by atoms with Crippen molar-refractivity contribution in [1.82, 2.24) is 25.8 Å². The van der Waals surface area contributed by atoms with Crippen molar-refractivity contribution in [2.45, 2.75) is 32.4 Å². The van der Waals surface area contributed by atoms with Crippen molar-refractivity contribution in [3.63, 3.8) is 0 Å². The zero-order valence-electron chi connectivity index (χ0n) is 19.1. The molecule has 0 saturated carbocycles. The van der Waals surface area contributed by atoms with Gasteiger partial charge in [-0.1, -0.05) is 30.3 Å². The average Bonchev–Trinajstić information content (AvgIpc) is 3.38. The molecule has 3 aromatic rings. The van der Waals surface area contributed by atoms with E-state index in [0.717, 1.165) is 66.8 Å². The molecule has 33 heavy (non-hydrogen) atoms. The van der Waals surface area contributed by atoms with Crippen LogP contribution in [0.3, 0.4) is 0 Å². The number of halogens is 1. The molecule has 1 atom stereocenters. The number of guanidine groups is 1. The van der Waals surface area contributed by atoms with E-state index in [0.29, 0.717) is 12.6 Å². The van der Waals surface area contributed by atoms with Crippen LogP contribution < -0.4 is 20.3 Å². The number of benzene rings is 2. The number of piperidine rings is 1. The molecule has 0 spiro atoms. The minimum Gasteiger partial charge on any atom is -0.495 e. The Labute approximate surface area is 212 Å². The molecule has 1 fully saturated rings. The summed E-state index contributed by atoms with van der Waals surface area (Å²) in [6, 6.07) is 16.7. The molecule has 1 unspecified atom stereocenters. The maximum absolute atomic E-state index is 5.57. The first kappa shape index (κ1) is 24.8. The highest BCUT2D eigenvalue weighted by molar-refractivity contribution is 14.0. The Hall–Kier alpha value is -2.82. The van der Waals surface area contributed by atoms with E-state index in [1.165, 1.54) is 6.33 Å². The van der Waals surface area contributed by atoms with Gasteiger partial charge in [-0.15, -0.1) is 24.0 Å². The second kappa shape index (κ2) is 12.4. The minimum atomic E-state index is 0. The lowest BCUT2D eigenvalue weighted by Gasteiger charge is -2.36. The first-order valence-corrected chi connectivity index (χ1v) is 11.1. The van der Waals surface area contributed by atoms with E-state index < -0.39 is 0 Å². The third kappa shape index (κ3) is 6.59. The summed E-state index contributed by atoms with van der Waals surface area (Å²) < 4.78 is 5.57. The van der Waals surface area contributed by atoms with Gasteiger partial charge in [0, 0.05) is 31.2 Å². The average molecular weight is 561 g/mol. The van der Waals surface area contributed by atoms with Crippen LogP contribution in [-0.2, 0) is 6.54 Å². The summed E-state index contributed by atoms with van der Waals surface area (Å²) in [6.45, 7) is 5.42. The number of aliphatic imine (C=N–C) groups is 1. The maximum Gasteiger partial charge on any atom is 0.191 e. The Kier molecular flexibility index (Phi) is 9.35. The number of anilines is 1. The molecule has 2 heterocycles. The molecule has 0 radical (unpaired) electrons. The van der Waals surface area contributed by atoms with Gasteiger partial charge in [0.15, 0.2) is 11.8 Å². The van der Waals surface area contributed by atoms with E-state index in [1.54, 1.807) is 7.11 Å². The summed E-state index contributed by atoms with van der Waals surface area (Å²) in [5, 5.41) is 13.9. The summed E-state index contributed by atoms with van der Waals surface area (Å²) in [5.41, 5.74) is 3.27. The molecule has 1 aliphatic rings. The van der Waals surface area contributed by atoms with Crippen LogP contribution >= 0.6 is 24.0 Å². The first-order valence-electron chi connectivity index (χ1n) is 11.1. The highest BCUT2D eigenvalue weighted by Gasteiger charge is 2.22. The van der Waals surface area contributed by atoms with Crippen molar-refractivity contribution in [2.24, 2.45) is 4.99 Å². The van der Waals surface area contributed by atoms with Gasteiger partial charge in [-0.2, -0.15) is 5.10 Å². The van der Waals surface area contributed by atoms with Gasteiger partial charge in [-0.25, -0.2) is 9.98 Å². The van der Waals surface area contributed by atoms with Crippen LogP contribution in [0.25, 0.3) is 11.4 Å². The van der Waals surface area contributed by atoms with E-state index in [2.05, 4.69) is 61.9 Å². The lowest BCUT2D eigenvalue weighted by atomic mass is 10.0. The van der Waals surface area contributed by atoms with Crippen LogP contribution in [0.5, 0.6) is 5.75 Å². The molecule has 3 N–H and O–H groups in total. The highest BCUT2D eigenvalue weighted by Crippen LogP contribution is 2.29. The van der Waals surface area contributed by atoms with E-state index >= 15 is 0 Å². The van der Waals surface area contributed by atoms with Crippen LogP contribution in [-0.4, -0.2) is 53.9 Å². The van der Waals surface area contributed by atoms with Crippen molar-refractivity contribution < 1.29 is 4.74 Å². The van der Waals surface area contributed by atoms with E-state index in [-0.39, 0.29) is 24.0 Å². The minimum absolute atomic E-state index is 0. The number of aromatic nitrogens is 3. The van der Waals surface area contributed by atoms with E-state index in [9.17, 15) is 0 Å². The molecule has 8 nitrogen and oxygen atoms in total. The Morgan fingerprint density at radius 2 is 2.12 bits per heavy atom. The number of ether oxygens (including phenoxy) is 1. The molecule has 2 aromatic carbocycles. The van der Waals surface area contributed by atoms with Gasteiger partial charge < -0.3 is 20.3 Å². The van der Waals surface area contributed by atoms with Crippen LogP contribution in [0.15, 0.2) is 59.9 Å². The Morgan fingerprint density at radius 1 is 1.24 bits per heavy atom. The summed E-state index contributed by atoms with van der Waals surface area (Å²) >= 11 is 0. The molecule has 4 rings (SSSR count). The third-order valence-electron chi connectivity index (χ3n) is 5.57. The van der Waals surface area contributed by atoms with E-state index in [1.807, 2.05) is 24.3 Å². The van der Waals surface area contributed by atoms with Crippen LogP contribution in [0.1, 0.15) is 25.3 Å². The van der Waals surface area contributed by atoms with Crippen molar-refractivity contribution >= 4 is 35.6 Å². The fourth-order valence-electron chi connectivity index (χ4n) is 4.05. The number of hydrogen-bond donors (Lipinski definition) is 3. The molecule has 1 saturated heterocycles. The Morgan fingerprint density at radius 3 is 2.91 bits per heavy atom. The molecule has 176 valence electrons. The Bertz CT molecular complexity index is 1030. The second-order valence-electron chi connectivity index (χ2n) is 7.83. The third-order valence-corrected chi connectivity index (χ3v) is 5.57. The molecule has 0 aliphatic carbocycles. The van der Waals surface area contributed by atoms with Crippen molar-refractivity contribution in [1.29, 1.82) is 0 Å². The molecule has 9 heteroatoms. The van der Waals surface area contributed by atoms with Gasteiger partial charge in [0.05, 0.1) is 19.3 Å². The van der Waals surface area contributed by atoms with Crippen LogP contribution in [0.4, 0.5) is 5.69 Å². The van der Waals surface area contributed by atoms with Gasteiger partial charge >= 0.3 is 0 Å². The number of rotatable bonds is 7. The zero-order chi connectivity index (χ0) is 22.2. The quantitative estimate of drug-likeness (QED) is 0.231. The molecular weight excluding hydrogens is 529 g/mol. The molecule has 1 aliphatic heterocycles. The number of methoxy groups -OCH3 is 1. The van der Waals surface area contributed by atoms with Crippen molar-refractivity contribution in [3.8, 4) is 17.1 Å². The van der Waals surface area contributed by atoms with Gasteiger partial charge in [-0.05, 0) is 43.5 Å². The summed E-state index contributed by atoms with van der Waals surface area (Å²) in [5.74, 6) is 2.52. The van der Waals surface area contributed by atoms with Gasteiger partial charge in [-0.3, -0.25) is 5.10 Å². The predicted molar refractivity (Wildman–Crippen MR) is 143 cm³/mol. The fourth-order valence-corrected chi connectivity index (χ4v) is 4.05. The summed E-state index contributed by atoms with van der Waals surface area (Å²) in [4.78, 5) is 11.5. The van der Waals surface area contributed by atoms with Gasteiger partial charge in [0.25, 0.3) is 0 Å². The van der Waals surface area contributed by atoms with Crippen molar-refractivity contribution in [2.75, 3.05) is 31.6 Å². The van der Waals surface area contributed by atoms with E-state index in [4.69, 9.17) is 9.73 Å². The van der Waals surface area contributed by atoms with Crippen LogP contribution in [0, 0.1) is 0 Å². The smallest absolute Gasteiger partial charge is 0.191 e. The first-order chi connectivity index (χ1) is 15.8.